The van der Waals surface area contributed by atoms with Crippen LogP contribution >= 0.6 is 11.3 Å². The molecule has 2 aliphatic rings. The molecule has 10 heteroatoms. The zero-order valence-corrected chi connectivity index (χ0v) is 23.2. The molecule has 0 aliphatic carbocycles. The lowest BCUT2D eigenvalue weighted by Crippen LogP contribution is -2.32. The third kappa shape index (κ3) is 5.59. The number of amides is 1. The summed E-state index contributed by atoms with van der Waals surface area (Å²) >= 11 is 1.54. The Kier molecular flexibility index (Phi) is 6.96. The number of nitrogens with zero attached hydrogens (tertiary/aromatic N) is 5. The summed E-state index contributed by atoms with van der Waals surface area (Å²) in [5, 5.41) is 13.4. The van der Waals surface area contributed by atoms with E-state index in [4.69, 9.17) is 4.74 Å². The number of thiophene rings is 1. The Morgan fingerprint density at radius 1 is 1.12 bits per heavy atom. The number of nitrogens with one attached hydrogen (secondary N) is 2. The van der Waals surface area contributed by atoms with Crippen molar-refractivity contribution in [2.75, 3.05) is 25.0 Å². The van der Waals surface area contributed by atoms with Gasteiger partial charge >= 0.3 is 6.09 Å². The largest absolute Gasteiger partial charge is 0.445 e. The number of aromatic nitrogens is 4. The summed E-state index contributed by atoms with van der Waals surface area (Å²) in [6.45, 7) is 2.94. The summed E-state index contributed by atoms with van der Waals surface area (Å²) in [5.74, 6) is 7.34. The number of anilines is 2. The fourth-order valence-corrected chi connectivity index (χ4v) is 6.24. The normalized spacial score (nSPS) is 18.5. The zero-order chi connectivity index (χ0) is 27.6. The maximum Gasteiger partial charge on any atom is 0.410 e. The van der Waals surface area contributed by atoms with Crippen LogP contribution in [-0.2, 0) is 11.3 Å². The lowest BCUT2D eigenvalue weighted by atomic mass is 10.2. The van der Waals surface area contributed by atoms with E-state index in [0.29, 0.717) is 13.0 Å². The molecular formula is C31H29N7O2S. The second-order valence-electron chi connectivity index (χ2n) is 10.4. The van der Waals surface area contributed by atoms with E-state index in [-0.39, 0.29) is 18.2 Å². The van der Waals surface area contributed by atoms with Crippen LogP contribution in [0.1, 0.15) is 29.7 Å². The molecule has 0 spiro atoms. The van der Waals surface area contributed by atoms with Crippen molar-refractivity contribution in [3.63, 3.8) is 0 Å². The smallest absolute Gasteiger partial charge is 0.410 e. The van der Waals surface area contributed by atoms with Gasteiger partial charge in [-0.15, -0.1) is 11.3 Å². The van der Waals surface area contributed by atoms with E-state index >= 15 is 0 Å². The van der Waals surface area contributed by atoms with Gasteiger partial charge in [0.1, 0.15) is 23.1 Å². The number of hydrogen-bond donors (Lipinski definition) is 2. The van der Waals surface area contributed by atoms with Crippen LogP contribution < -0.4 is 10.6 Å². The summed E-state index contributed by atoms with van der Waals surface area (Å²) in [7, 11) is 0. The van der Waals surface area contributed by atoms with Gasteiger partial charge in [0.15, 0.2) is 0 Å². The number of carbonyl (C=O) groups is 1. The molecule has 3 aromatic heterocycles. The van der Waals surface area contributed by atoms with Crippen LogP contribution in [-0.4, -0.2) is 62.5 Å². The average Bonchev–Trinajstić information content (AvgIpc) is 3.80. The molecule has 9 nitrogen and oxygen atoms in total. The van der Waals surface area contributed by atoms with Crippen molar-refractivity contribution >= 4 is 50.1 Å². The number of hydrogen-bond acceptors (Lipinski definition) is 8. The Hall–Kier alpha value is -4.46. The molecule has 206 valence electrons. The molecule has 2 N–H and O–H groups in total. The molecule has 5 aromatic rings. The number of ether oxygens (including phenoxy) is 1. The first-order chi connectivity index (χ1) is 20.2. The van der Waals surface area contributed by atoms with Gasteiger partial charge in [0, 0.05) is 37.1 Å². The van der Waals surface area contributed by atoms with Gasteiger partial charge < -0.3 is 15.0 Å². The minimum absolute atomic E-state index is 0.0187. The van der Waals surface area contributed by atoms with Crippen LogP contribution in [0.4, 0.5) is 16.3 Å². The highest BCUT2D eigenvalue weighted by molar-refractivity contribution is 7.19. The SMILES string of the molecule is O=C(O[C@@H]1CN[C@@H](C#Cc2cc3c(Nc4ccc5c(cnn5Cc5ccccc5)c4)ncnc3s2)C1)N1CCCC1. The maximum absolute atomic E-state index is 12.3. The van der Waals surface area contributed by atoms with Crippen molar-refractivity contribution in [1.82, 2.24) is 30.0 Å². The number of rotatable bonds is 5. The van der Waals surface area contributed by atoms with E-state index in [1.807, 2.05) is 41.2 Å². The Labute approximate surface area is 241 Å². The lowest BCUT2D eigenvalue weighted by Gasteiger charge is -2.18. The first-order valence-electron chi connectivity index (χ1n) is 13.9. The Morgan fingerprint density at radius 3 is 2.88 bits per heavy atom. The zero-order valence-electron chi connectivity index (χ0n) is 22.4. The number of benzene rings is 2. The highest BCUT2D eigenvalue weighted by Crippen LogP contribution is 2.30. The third-order valence-corrected chi connectivity index (χ3v) is 8.46. The van der Waals surface area contributed by atoms with E-state index in [9.17, 15) is 4.79 Å². The molecule has 0 unspecified atom stereocenters. The maximum atomic E-state index is 12.3. The molecule has 2 aromatic carbocycles. The van der Waals surface area contributed by atoms with Gasteiger partial charge in [-0.25, -0.2) is 14.8 Å². The molecule has 41 heavy (non-hydrogen) atoms. The van der Waals surface area contributed by atoms with Crippen LogP contribution in [0, 0.1) is 11.8 Å². The Balaban J connectivity index is 1.03. The van der Waals surface area contributed by atoms with Gasteiger partial charge in [-0.1, -0.05) is 42.2 Å². The first kappa shape index (κ1) is 25.5. The minimum atomic E-state index is -0.203. The summed E-state index contributed by atoms with van der Waals surface area (Å²) < 4.78 is 7.69. The van der Waals surface area contributed by atoms with Crippen LogP contribution in [0.3, 0.4) is 0 Å². The molecule has 2 saturated heterocycles. The van der Waals surface area contributed by atoms with E-state index in [2.05, 4.69) is 61.8 Å². The standard InChI is InChI=1S/C31H29N7O2S/c39-31(37-12-4-5-13-37)40-25-15-23(32-18-25)8-10-26-16-27-29(33-20-34-30(27)41-26)36-24-9-11-28-22(14-24)17-35-38(28)19-21-6-2-1-3-7-21/h1-3,6-7,9,11,14,16-17,20,23,25,32H,4-5,12-13,15,18-19H2,(H,33,34,36)/t23-,25-/m0/s1. The van der Waals surface area contributed by atoms with Crippen molar-refractivity contribution in [3.05, 3.63) is 77.6 Å². The molecular weight excluding hydrogens is 534 g/mol. The van der Waals surface area contributed by atoms with Crippen molar-refractivity contribution in [1.29, 1.82) is 0 Å². The molecule has 0 radical (unpaired) electrons. The predicted molar refractivity (Wildman–Crippen MR) is 160 cm³/mol. The van der Waals surface area contributed by atoms with Crippen LogP contribution in [0.15, 0.2) is 67.1 Å². The number of carbonyl (C=O) groups excluding carboxylic acids is 1. The fraction of sp³-hybridized carbons (Fsp3) is 0.290. The quantitative estimate of drug-likeness (QED) is 0.286. The van der Waals surface area contributed by atoms with Crippen molar-refractivity contribution < 1.29 is 9.53 Å². The van der Waals surface area contributed by atoms with Crippen molar-refractivity contribution in [2.24, 2.45) is 0 Å². The van der Waals surface area contributed by atoms with Crippen LogP contribution in [0.25, 0.3) is 21.1 Å². The van der Waals surface area contributed by atoms with Gasteiger partial charge in [-0.05, 0) is 42.7 Å². The van der Waals surface area contributed by atoms with Gasteiger partial charge in [-0.2, -0.15) is 5.10 Å². The summed E-state index contributed by atoms with van der Waals surface area (Å²) in [6.07, 6.45) is 5.92. The Bertz CT molecular complexity index is 1770. The van der Waals surface area contributed by atoms with E-state index in [0.717, 1.165) is 70.0 Å². The topological polar surface area (TPSA) is 97.2 Å². The highest BCUT2D eigenvalue weighted by Gasteiger charge is 2.28. The van der Waals surface area contributed by atoms with E-state index in [1.54, 1.807) is 22.6 Å². The van der Waals surface area contributed by atoms with Gasteiger partial charge in [0.2, 0.25) is 0 Å². The van der Waals surface area contributed by atoms with Crippen molar-refractivity contribution in [2.45, 2.75) is 38.0 Å². The Morgan fingerprint density at radius 2 is 2.00 bits per heavy atom. The van der Waals surface area contributed by atoms with Crippen LogP contribution in [0.2, 0.25) is 0 Å². The van der Waals surface area contributed by atoms with Gasteiger partial charge in [0.25, 0.3) is 0 Å². The van der Waals surface area contributed by atoms with Gasteiger partial charge in [-0.3, -0.25) is 10.00 Å². The highest BCUT2D eigenvalue weighted by atomic mass is 32.1. The lowest BCUT2D eigenvalue weighted by molar-refractivity contribution is 0.0763. The number of fused-ring (bicyclic) bond motifs is 2. The first-order valence-corrected chi connectivity index (χ1v) is 14.7. The molecule has 2 atom stereocenters. The second-order valence-corrected chi connectivity index (χ2v) is 11.4. The molecule has 7 rings (SSSR count). The molecule has 1 amide bonds. The average molecular weight is 564 g/mol. The molecule has 5 heterocycles. The van der Waals surface area contributed by atoms with E-state index < -0.39 is 0 Å². The third-order valence-electron chi connectivity index (χ3n) is 7.50. The summed E-state index contributed by atoms with van der Waals surface area (Å²) in [5.41, 5.74) is 3.22. The molecule has 0 saturated carbocycles. The minimum Gasteiger partial charge on any atom is -0.445 e. The van der Waals surface area contributed by atoms with E-state index in [1.165, 1.54) is 5.56 Å². The summed E-state index contributed by atoms with van der Waals surface area (Å²) in [4.78, 5) is 24.9. The predicted octanol–water partition coefficient (Wildman–Crippen LogP) is 5.15. The van der Waals surface area contributed by atoms with Crippen LogP contribution in [0.5, 0.6) is 0 Å². The van der Waals surface area contributed by atoms with Crippen molar-refractivity contribution in [3.8, 4) is 11.8 Å². The molecule has 0 bridgehead atoms. The summed E-state index contributed by atoms with van der Waals surface area (Å²) in [6, 6.07) is 18.6. The molecule has 2 aliphatic heterocycles. The molecule has 2 fully saturated rings. The number of likely N-dealkylation sites (tertiary alicyclic amines) is 1. The van der Waals surface area contributed by atoms with Gasteiger partial charge in [0.05, 0.1) is 34.6 Å². The fourth-order valence-electron chi connectivity index (χ4n) is 5.38. The second kappa shape index (κ2) is 11.2. The monoisotopic (exact) mass is 563 g/mol.